The third kappa shape index (κ3) is 10.5. The van der Waals surface area contributed by atoms with E-state index in [1.807, 2.05) is 12.1 Å². The molecule has 1 heterocycles. The van der Waals surface area contributed by atoms with Gasteiger partial charge in [0, 0.05) is 33.2 Å². The van der Waals surface area contributed by atoms with Crippen LogP contribution in [0.3, 0.4) is 0 Å². The Labute approximate surface area is 205 Å². The molecule has 1 aromatic carbocycles. The number of hydrogen-bond donors (Lipinski definition) is 2. The number of benzene rings is 1. The van der Waals surface area contributed by atoms with E-state index in [1.165, 1.54) is 37.9 Å². The van der Waals surface area contributed by atoms with Crippen LogP contribution in [0.5, 0.6) is 5.75 Å². The van der Waals surface area contributed by atoms with Gasteiger partial charge in [0.25, 0.3) is 0 Å². The molecule has 1 aliphatic heterocycles. The zero-order valence-electron chi connectivity index (χ0n) is 19.5. The van der Waals surface area contributed by atoms with Crippen LogP contribution >= 0.6 is 24.0 Å². The normalized spacial score (nSPS) is 15.5. The van der Waals surface area contributed by atoms with Crippen molar-refractivity contribution < 1.29 is 9.53 Å². The molecule has 0 bridgehead atoms. The number of hydrogen-bond acceptors (Lipinski definition) is 4. The summed E-state index contributed by atoms with van der Waals surface area (Å²) in [5.74, 6) is 1.55. The highest BCUT2D eigenvalue weighted by Crippen LogP contribution is 2.13. The van der Waals surface area contributed by atoms with Gasteiger partial charge in [0.15, 0.2) is 5.96 Å². The number of likely N-dealkylation sites (N-methyl/N-ethyl adjacent to an activating group) is 1. The first-order chi connectivity index (χ1) is 14.5. The number of guanidine groups is 1. The number of piperidine rings is 1. The monoisotopic (exact) mass is 545 g/mol. The molecule has 1 atom stereocenters. The molecule has 1 fully saturated rings. The molecule has 0 spiro atoms. The van der Waals surface area contributed by atoms with Crippen LogP contribution in [-0.4, -0.2) is 81.6 Å². The molecular weight excluding hydrogens is 505 g/mol. The first kappa shape index (κ1) is 27.5. The van der Waals surface area contributed by atoms with E-state index in [2.05, 4.69) is 39.6 Å². The molecule has 0 saturated carbocycles. The van der Waals surface area contributed by atoms with Crippen LogP contribution in [0, 0.1) is 0 Å². The summed E-state index contributed by atoms with van der Waals surface area (Å²) in [6.07, 6.45) is 5.90. The van der Waals surface area contributed by atoms with Gasteiger partial charge in [0.2, 0.25) is 5.91 Å². The maximum atomic E-state index is 11.9. The number of nitrogens with zero attached hydrogens (tertiary/aromatic N) is 3. The van der Waals surface area contributed by atoms with Gasteiger partial charge in [0.1, 0.15) is 12.3 Å². The number of carbonyl (C=O) groups excluding carboxylic acids is 1. The predicted molar refractivity (Wildman–Crippen MR) is 139 cm³/mol. The third-order valence-corrected chi connectivity index (χ3v) is 5.60. The Balaban J connectivity index is 0.00000480. The van der Waals surface area contributed by atoms with Crippen LogP contribution in [0.15, 0.2) is 29.3 Å². The van der Waals surface area contributed by atoms with Crippen molar-refractivity contribution in [1.82, 2.24) is 20.4 Å². The van der Waals surface area contributed by atoms with Crippen LogP contribution in [0.4, 0.5) is 0 Å². The van der Waals surface area contributed by atoms with E-state index in [9.17, 15) is 4.79 Å². The lowest BCUT2D eigenvalue weighted by Gasteiger charge is -2.32. The molecule has 1 saturated heterocycles. The maximum absolute atomic E-state index is 11.9. The zero-order chi connectivity index (χ0) is 21.8. The molecule has 1 unspecified atom stereocenters. The lowest BCUT2D eigenvalue weighted by atomic mass is 10.1. The van der Waals surface area contributed by atoms with Crippen molar-refractivity contribution in [3.8, 4) is 5.75 Å². The molecule has 1 aromatic rings. The van der Waals surface area contributed by atoms with Gasteiger partial charge in [-0.3, -0.25) is 4.79 Å². The fraction of sp³-hybridized carbons (Fsp3) is 0.652. The van der Waals surface area contributed by atoms with Gasteiger partial charge >= 0.3 is 0 Å². The topological polar surface area (TPSA) is 69.2 Å². The number of ether oxygens (including phenoxy) is 1. The number of methoxy groups -OCH3 is 1. The zero-order valence-corrected chi connectivity index (χ0v) is 21.9. The van der Waals surface area contributed by atoms with E-state index in [-0.39, 0.29) is 36.4 Å². The average Bonchev–Trinajstić information content (AvgIpc) is 2.77. The predicted octanol–water partition coefficient (Wildman–Crippen LogP) is 2.74. The standard InChI is InChI=1S/C23H39N5O2.HI/c1-19(28-16-6-5-7-17-28)12-14-24-23(26-18-22(29)27(2)3)25-15-13-20-8-10-21(30-4)11-9-20;/h8-11,19H,5-7,12-18H2,1-4H3,(H2,24,25,26);1H. The summed E-state index contributed by atoms with van der Waals surface area (Å²) in [5, 5.41) is 6.78. The van der Waals surface area contributed by atoms with Gasteiger partial charge in [-0.2, -0.15) is 0 Å². The van der Waals surface area contributed by atoms with Gasteiger partial charge in [-0.15, -0.1) is 24.0 Å². The lowest BCUT2D eigenvalue weighted by molar-refractivity contribution is -0.127. The van der Waals surface area contributed by atoms with E-state index in [0.717, 1.165) is 31.7 Å². The van der Waals surface area contributed by atoms with Crippen LogP contribution in [0.25, 0.3) is 0 Å². The molecule has 0 radical (unpaired) electrons. The molecule has 7 nitrogen and oxygen atoms in total. The second kappa shape index (κ2) is 15.3. The molecular formula is C23H40IN5O2. The molecule has 31 heavy (non-hydrogen) atoms. The van der Waals surface area contributed by atoms with E-state index >= 15 is 0 Å². The molecule has 8 heteroatoms. The average molecular weight is 546 g/mol. The molecule has 0 aromatic heterocycles. The fourth-order valence-corrected chi connectivity index (χ4v) is 3.52. The minimum absolute atomic E-state index is 0. The number of carbonyl (C=O) groups is 1. The minimum atomic E-state index is -0.00654. The first-order valence-electron chi connectivity index (χ1n) is 11.1. The van der Waals surface area contributed by atoms with Crippen LogP contribution in [-0.2, 0) is 11.2 Å². The summed E-state index contributed by atoms with van der Waals surface area (Å²) in [6, 6.07) is 8.64. The second-order valence-corrected chi connectivity index (χ2v) is 8.14. The quantitative estimate of drug-likeness (QED) is 0.269. The number of likely N-dealkylation sites (tertiary alicyclic amines) is 1. The summed E-state index contributed by atoms with van der Waals surface area (Å²) in [6.45, 7) is 6.44. The summed E-state index contributed by atoms with van der Waals surface area (Å²) in [4.78, 5) is 20.6. The van der Waals surface area contributed by atoms with Gasteiger partial charge in [-0.05, 0) is 63.4 Å². The van der Waals surface area contributed by atoms with E-state index in [1.54, 1.807) is 26.1 Å². The first-order valence-corrected chi connectivity index (χ1v) is 11.1. The summed E-state index contributed by atoms with van der Waals surface area (Å²) < 4.78 is 5.21. The van der Waals surface area contributed by atoms with Gasteiger partial charge in [-0.1, -0.05) is 18.6 Å². The minimum Gasteiger partial charge on any atom is -0.497 e. The fourth-order valence-electron chi connectivity index (χ4n) is 3.52. The second-order valence-electron chi connectivity index (χ2n) is 8.14. The van der Waals surface area contributed by atoms with Crippen LogP contribution < -0.4 is 15.4 Å². The van der Waals surface area contributed by atoms with E-state index < -0.39 is 0 Å². The van der Waals surface area contributed by atoms with Crippen molar-refractivity contribution in [3.63, 3.8) is 0 Å². The van der Waals surface area contributed by atoms with Gasteiger partial charge in [-0.25, -0.2) is 4.99 Å². The molecule has 1 aliphatic rings. The van der Waals surface area contributed by atoms with E-state index in [0.29, 0.717) is 12.0 Å². The van der Waals surface area contributed by atoms with Crippen molar-refractivity contribution in [2.24, 2.45) is 4.99 Å². The Bertz CT molecular complexity index is 660. The number of aliphatic imine (C=N–C) groups is 1. The Hall–Kier alpha value is -1.55. The highest BCUT2D eigenvalue weighted by atomic mass is 127. The number of halogens is 1. The summed E-state index contributed by atoms with van der Waals surface area (Å²) >= 11 is 0. The van der Waals surface area contributed by atoms with Crippen molar-refractivity contribution >= 4 is 35.8 Å². The van der Waals surface area contributed by atoms with Gasteiger partial charge in [0.05, 0.1) is 7.11 Å². The van der Waals surface area contributed by atoms with Crippen molar-refractivity contribution in [2.75, 3.05) is 53.9 Å². The van der Waals surface area contributed by atoms with Crippen molar-refractivity contribution in [3.05, 3.63) is 29.8 Å². The van der Waals surface area contributed by atoms with Crippen LogP contribution in [0.1, 0.15) is 38.2 Å². The molecule has 1 amide bonds. The molecule has 2 rings (SSSR count). The lowest BCUT2D eigenvalue weighted by Crippen LogP contribution is -2.43. The molecule has 176 valence electrons. The van der Waals surface area contributed by atoms with E-state index in [4.69, 9.17) is 4.74 Å². The maximum Gasteiger partial charge on any atom is 0.243 e. The third-order valence-electron chi connectivity index (χ3n) is 5.60. The van der Waals surface area contributed by atoms with Crippen LogP contribution in [0.2, 0.25) is 0 Å². The smallest absolute Gasteiger partial charge is 0.243 e. The largest absolute Gasteiger partial charge is 0.497 e. The highest BCUT2D eigenvalue weighted by molar-refractivity contribution is 14.0. The summed E-state index contributed by atoms with van der Waals surface area (Å²) in [5.41, 5.74) is 1.23. The molecule has 2 N–H and O–H groups in total. The molecule has 0 aliphatic carbocycles. The highest BCUT2D eigenvalue weighted by Gasteiger charge is 2.16. The van der Waals surface area contributed by atoms with Gasteiger partial charge < -0.3 is 25.2 Å². The summed E-state index contributed by atoms with van der Waals surface area (Å²) in [7, 11) is 5.18. The number of rotatable bonds is 10. The number of nitrogens with one attached hydrogen (secondary N) is 2. The Morgan fingerprint density at radius 3 is 2.39 bits per heavy atom. The SMILES string of the molecule is COc1ccc(CCNC(=NCC(=O)N(C)C)NCCC(C)N2CCCCC2)cc1.I. The van der Waals surface area contributed by atoms with Crippen molar-refractivity contribution in [1.29, 1.82) is 0 Å². The van der Waals surface area contributed by atoms with Crippen molar-refractivity contribution in [2.45, 2.75) is 45.1 Å². The number of amides is 1. The Morgan fingerprint density at radius 1 is 1.13 bits per heavy atom. The Kier molecular flexibility index (Phi) is 13.6. The Morgan fingerprint density at radius 2 is 1.77 bits per heavy atom.